The van der Waals surface area contributed by atoms with E-state index < -0.39 is 5.97 Å². The van der Waals surface area contributed by atoms with E-state index in [2.05, 4.69) is 0 Å². The number of hydrogen-bond donors (Lipinski definition) is 1. The number of carboxylic acid groups (broad SMARTS) is 1. The number of unbranched alkanes of at least 4 members (excludes halogenated alkanes) is 1. The van der Waals surface area contributed by atoms with Crippen LogP contribution in [-0.4, -0.2) is 11.1 Å². The lowest BCUT2D eigenvalue weighted by molar-refractivity contribution is -0.131. The summed E-state index contributed by atoms with van der Waals surface area (Å²) in [6.07, 6.45) is 4.68. The van der Waals surface area contributed by atoms with Crippen LogP contribution < -0.4 is 0 Å². The van der Waals surface area contributed by atoms with Crippen molar-refractivity contribution in [3.63, 3.8) is 0 Å². The third-order valence-electron chi connectivity index (χ3n) is 0.716. The molecule has 0 aromatic rings. The number of rotatable bonds is 3. The van der Waals surface area contributed by atoms with Crippen molar-refractivity contribution >= 4 is 5.97 Å². The second kappa shape index (κ2) is 7.21. The number of aliphatic carboxylic acids is 1. The third kappa shape index (κ3) is 11.0. The van der Waals surface area contributed by atoms with Crippen LogP contribution in [0.3, 0.4) is 0 Å². The Hall–Kier alpha value is -0.790. The maximum absolute atomic E-state index is 9.79. The van der Waals surface area contributed by atoms with Gasteiger partial charge in [0, 0.05) is 6.08 Å². The summed E-state index contributed by atoms with van der Waals surface area (Å²) in [6.45, 7) is 2.01. The first-order chi connectivity index (χ1) is 3.77. The first-order valence-corrected chi connectivity index (χ1v) is 2.67. The zero-order chi connectivity index (χ0) is 6.41. The topological polar surface area (TPSA) is 37.3 Å². The largest absolute Gasteiger partial charge is 0.478 e. The molecule has 0 rings (SSSR count). The molecule has 0 saturated heterocycles. The van der Waals surface area contributed by atoms with E-state index in [1.54, 1.807) is 6.08 Å². The molecule has 0 saturated carbocycles. The zero-order valence-corrected chi connectivity index (χ0v) is 4.92. The molecule has 0 heterocycles. The van der Waals surface area contributed by atoms with Crippen LogP contribution in [0.25, 0.3) is 0 Å². The molecule has 0 aromatic carbocycles. The summed E-state index contributed by atoms with van der Waals surface area (Å²) >= 11 is 0. The maximum atomic E-state index is 9.79. The van der Waals surface area contributed by atoms with Gasteiger partial charge >= 0.3 is 5.97 Å². The van der Waals surface area contributed by atoms with Gasteiger partial charge in [-0.05, 0) is 6.42 Å². The van der Waals surface area contributed by atoms with Crippen molar-refractivity contribution in [2.45, 2.75) is 27.2 Å². The summed E-state index contributed by atoms with van der Waals surface area (Å²) < 4.78 is 0. The molecule has 0 bridgehead atoms. The van der Waals surface area contributed by atoms with Gasteiger partial charge in [-0.1, -0.05) is 26.8 Å². The van der Waals surface area contributed by atoms with E-state index in [4.69, 9.17) is 5.11 Å². The van der Waals surface area contributed by atoms with Gasteiger partial charge in [0.25, 0.3) is 0 Å². The van der Waals surface area contributed by atoms with Gasteiger partial charge in [0.15, 0.2) is 0 Å². The number of carbonyl (C=O) groups is 1. The lowest BCUT2D eigenvalue weighted by Crippen LogP contribution is -1.84. The first kappa shape index (κ1) is 11.1. The van der Waals surface area contributed by atoms with Crippen molar-refractivity contribution in [1.29, 1.82) is 0 Å². The Morgan fingerprint density at radius 3 is 2.56 bits per heavy atom. The molecular weight excluding hydrogens is 116 g/mol. The molecule has 54 valence electrons. The number of carboxylic acids is 1. The fourth-order valence-electron chi connectivity index (χ4n) is 0.351. The van der Waals surface area contributed by atoms with Gasteiger partial charge in [0.2, 0.25) is 0 Å². The van der Waals surface area contributed by atoms with Crippen LogP contribution in [0, 0.1) is 0 Å². The SMILES string of the molecule is C.CCCC=CC(=O)O. The Morgan fingerprint density at radius 2 is 2.22 bits per heavy atom. The molecule has 0 fully saturated rings. The van der Waals surface area contributed by atoms with E-state index in [9.17, 15) is 4.79 Å². The summed E-state index contributed by atoms with van der Waals surface area (Å²) in [5.41, 5.74) is 0. The standard InChI is InChI=1S/C6H10O2.CH4/c1-2-3-4-5-6(7)8;/h4-5H,2-3H2,1H3,(H,7,8);1H4. The highest BCUT2D eigenvalue weighted by Gasteiger charge is 1.81. The fraction of sp³-hybridized carbons (Fsp3) is 0.571. The Kier molecular flexibility index (Phi) is 8.87. The number of allylic oxidation sites excluding steroid dienone is 1. The van der Waals surface area contributed by atoms with Crippen LogP contribution in [0.5, 0.6) is 0 Å². The Balaban J connectivity index is 0. The van der Waals surface area contributed by atoms with Crippen molar-refractivity contribution in [2.75, 3.05) is 0 Å². The molecule has 0 unspecified atom stereocenters. The van der Waals surface area contributed by atoms with Crippen LogP contribution in [0.15, 0.2) is 12.2 Å². The Bertz CT molecular complexity index is 95.1. The van der Waals surface area contributed by atoms with Gasteiger partial charge in [-0.3, -0.25) is 0 Å². The molecular formula is C7H14O2. The second-order valence-electron chi connectivity index (χ2n) is 1.53. The van der Waals surface area contributed by atoms with E-state index >= 15 is 0 Å². The van der Waals surface area contributed by atoms with E-state index in [1.165, 1.54) is 6.08 Å². The van der Waals surface area contributed by atoms with E-state index in [1.807, 2.05) is 6.92 Å². The predicted molar refractivity (Wildman–Crippen MR) is 38.4 cm³/mol. The van der Waals surface area contributed by atoms with E-state index in [0.29, 0.717) is 0 Å². The van der Waals surface area contributed by atoms with Gasteiger partial charge in [-0.15, -0.1) is 0 Å². The number of hydrogen-bond acceptors (Lipinski definition) is 1. The smallest absolute Gasteiger partial charge is 0.327 e. The lowest BCUT2D eigenvalue weighted by Gasteiger charge is -1.79. The summed E-state index contributed by atoms with van der Waals surface area (Å²) in [5, 5.41) is 8.05. The fourth-order valence-corrected chi connectivity index (χ4v) is 0.351. The average Bonchev–Trinajstić information content (AvgIpc) is 1.66. The minimum atomic E-state index is -0.863. The van der Waals surface area contributed by atoms with Gasteiger partial charge in [0.1, 0.15) is 0 Å². The highest BCUT2D eigenvalue weighted by molar-refractivity contribution is 5.79. The van der Waals surface area contributed by atoms with Crippen LogP contribution in [0.2, 0.25) is 0 Å². The second-order valence-corrected chi connectivity index (χ2v) is 1.53. The minimum Gasteiger partial charge on any atom is -0.478 e. The minimum absolute atomic E-state index is 0. The van der Waals surface area contributed by atoms with Gasteiger partial charge < -0.3 is 5.11 Å². The molecule has 9 heavy (non-hydrogen) atoms. The summed E-state index contributed by atoms with van der Waals surface area (Å²) in [4.78, 5) is 9.79. The van der Waals surface area contributed by atoms with Crippen LogP contribution >= 0.6 is 0 Å². The normalized spacial score (nSPS) is 9.00. The summed E-state index contributed by atoms with van der Waals surface area (Å²) in [7, 11) is 0. The van der Waals surface area contributed by atoms with Crippen LogP contribution in [0.1, 0.15) is 27.2 Å². The van der Waals surface area contributed by atoms with Gasteiger partial charge in [-0.2, -0.15) is 0 Å². The molecule has 2 nitrogen and oxygen atoms in total. The maximum Gasteiger partial charge on any atom is 0.327 e. The van der Waals surface area contributed by atoms with Crippen molar-refractivity contribution in [2.24, 2.45) is 0 Å². The lowest BCUT2D eigenvalue weighted by atomic mass is 10.3. The van der Waals surface area contributed by atoms with E-state index in [-0.39, 0.29) is 7.43 Å². The molecule has 0 atom stereocenters. The predicted octanol–water partition coefficient (Wildman–Crippen LogP) is 2.06. The average molecular weight is 130 g/mol. The molecule has 1 N–H and O–H groups in total. The summed E-state index contributed by atoms with van der Waals surface area (Å²) in [5.74, 6) is -0.863. The molecule has 0 radical (unpaired) electrons. The molecule has 2 heteroatoms. The monoisotopic (exact) mass is 130 g/mol. The molecule has 0 aliphatic rings. The molecule has 0 aliphatic heterocycles. The zero-order valence-electron chi connectivity index (χ0n) is 4.92. The van der Waals surface area contributed by atoms with Crippen LogP contribution in [-0.2, 0) is 4.79 Å². The molecule has 0 aliphatic carbocycles. The van der Waals surface area contributed by atoms with Crippen molar-refractivity contribution in [3.05, 3.63) is 12.2 Å². The van der Waals surface area contributed by atoms with Crippen LogP contribution in [0.4, 0.5) is 0 Å². The first-order valence-electron chi connectivity index (χ1n) is 2.67. The summed E-state index contributed by atoms with van der Waals surface area (Å²) in [6, 6.07) is 0. The molecule has 0 aromatic heterocycles. The Labute approximate surface area is 56.2 Å². The quantitative estimate of drug-likeness (QED) is 0.594. The molecule has 0 spiro atoms. The van der Waals surface area contributed by atoms with Crippen molar-refractivity contribution < 1.29 is 9.90 Å². The third-order valence-corrected chi connectivity index (χ3v) is 0.716. The van der Waals surface area contributed by atoms with Crippen molar-refractivity contribution in [3.8, 4) is 0 Å². The Morgan fingerprint density at radius 1 is 1.67 bits per heavy atom. The van der Waals surface area contributed by atoms with Crippen molar-refractivity contribution in [1.82, 2.24) is 0 Å². The van der Waals surface area contributed by atoms with E-state index in [0.717, 1.165) is 12.8 Å². The highest BCUT2D eigenvalue weighted by Crippen LogP contribution is 1.86. The van der Waals surface area contributed by atoms with Gasteiger partial charge in [-0.25, -0.2) is 4.79 Å². The highest BCUT2D eigenvalue weighted by atomic mass is 16.4. The van der Waals surface area contributed by atoms with Gasteiger partial charge in [0.05, 0.1) is 0 Å². The molecule has 0 amide bonds.